The van der Waals surface area contributed by atoms with Crippen LogP contribution in [0.4, 0.5) is 0 Å². The number of halogens is 2. The first-order valence-corrected chi connectivity index (χ1v) is 12.0. The molecule has 0 atom stereocenters. The second-order valence-corrected chi connectivity index (χ2v) is 9.21. The van der Waals surface area contributed by atoms with E-state index in [0.29, 0.717) is 33.7 Å². The molecule has 1 aliphatic heterocycles. The van der Waals surface area contributed by atoms with Gasteiger partial charge in [0, 0.05) is 35.7 Å². The van der Waals surface area contributed by atoms with E-state index in [1.54, 1.807) is 18.2 Å². The molecule has 2 amide bonds. The summed E-state index contributed by atoms with van der Waals surface area (Å²) in [7, 11) is 0. The maximum Gasteiger partial charge on any atom is 0.289 e. The normalized spacial score (nSPS) is 17.4. The number of aryl methyl sites for hydroxylation is 1. The first-order valence-electron chi connectivity index (χ1n) is 11.3. The zero-order valence-electron chi connectivity index (χ0n) is 18.6. The van der Waals surface area contributed by atoms with Gasteiger partial charge in [0.25, 0.3) is 11.8 Å². The molecule has 4 rings (SSSR count). The highest BCUT2D eigenvalue weighted by molar-refractivity contribution is 6.35. The number of hydrazone groups is 1. The van der Waals surface area contributed by atoms with Crippen molar-refractivity contribution < 1.29 is 18.7 Å². The SMILES string of the molecule is Cc1c(C(=O)N2CCCCCC2)oc2c1/C(=N/NC(=O)COc1ccc(Cl)cc1Cl)CCC2. The van der Waals surface area contributed by atoms with Crippen LogP contribution in [0.2, 0.25) is 10.0 Å². The summed E-state index contributed by atoms with van der Waals surface area (Å²) in [6.07, 6.45) is 6.62. The number of ether oxygens (including phenoxy) is 1. The van der Waals surface area contributed by atoms with Gasteiger partial charge in [0.15, 0.2) is 12.4 Å². The van der Waals surface area contributed by atoms with Crippen molar-refractivity contribution in [3.05, 3.63) is 50.9 Å². The van der Waals surface area contributed by atoms with Gasteiger partial charge in [0.1, 0.15) is 11.5 Å². The lowest BCUT2D eigenvalue weighted by atomic mass is 9.93. The highest BCUT2D eigenvalue weighted by Gasteiger charge is 2.30. The Balaban J connectivity index is 1.44. The monoisotopic (exact) mass is 491 g/mol. The van der Waals surface area contributed by atoms with Crippen molar-refractivity contribution in [2.75, 3.05) is 19.7 Å². The summed E-state index contributed by atoms with van der Waals surface area (Å²) in [5.74, 6) is 1.05. The Morgan fingerprint density at radius 2 is 1.88 bits per heavy atom. The van der Waals surface area contributed by atoms with E-state index >= 15 is 0 Å². The molecular formula is C24H27Cl2N3O4. The van der Waals surface area contributed by atoms with Crippen molar-refractivity contribution in [2.24, 2.45) is 5.10 Å². The lowest BCUT2D eigenvalue weighted by molar-refractivity contribution is -0.123. The Labute approximate surface area is 203 Å². The largest absolute Gasteiger partial charge is 0.482 e. The number of hydrogen-bond acceptors (Lipinski definition) is 5. The average Bonchev–Trinajstić information content (AvgIpc) is 2.97. The van der Waals surface area contributed by atoms with Gasteiger partial charge in [0.2, 0.25) is 0 Å². The number of fused-ring (bicyclic) bond motifs is 1. The van der Waals surface area contributed by atoms with E-state index in [-0.39, 0.29) is 12.5 Å². The first kappa shape index (κ1) is 23.6. The molecule has 9 heteroatoms. The average molecular weight is 492 g/mol. The minimum absolute atomic E-state index is 0.0552. The van der Waals surface area contributed by atoms with E-state index < -0.39 is 5.91 Å². The fraction of sp³-hybridized carbons (Fsp3) is 0.458. The molecule has 0 spiro atoms. The van der Waals surface area contributed by atoms with Gasteiger partial charge in [-0.05, 0) is 50.8 Å². The molecule has 2 heterocycles. The number of carbonyl (C=O) groups excluding carboxylic acids is 2. The van der Waals surface area contributed by atoms with E-state index in [9.17, 15) is 9.59 Å². The van der Waals surface area contributed by atoms with Gasteiger partial charge in [-0.15, -0.1) is 0 Å². The summed E-state index contributed by atoms with van der Waals surface area (Å²) < 4.78 is 11.5. The number of hydrogen-bond donors (Lipinski definition) is 1. The van der Waals surface area contributed by atoms with Crippen LogP contribution in [0.25, 0.3) is 0 Å². The Kier molecular flexibility index (Phi) is 7.60. The van der Waals surface area contributed by atoms with Crippen LogP contribution in [-0.4, -0.2) is 42.1 Å². The molecule has 33 heavy (non-hydrogen) atoms. The van der Waals surface area contributed by atoms with Crippen LogP contribution in [0.1, 0.15) is 66.0 Å². The summed E-state index contributed by atoms with van der Waals surface area (Å²) in [5.41, 5.74) is 4.89. The molecule has 1 aliphatic carbocycles. The van der Waals surface area contributed by atoms with Crippen molar-refractivity contribution in [3.8, 4) is 5.75 Å². The molecule has 1 aromatic heterocycles. The predicted octanol–water partition coefficient (Wildman–Crippen LogP) is 5.15. The first-order chi connectivity index (χ1) is 15.9. The van der Waals surface area contributed by atoms with Crippen LogP contribution >= 0.6 is 23.2 Å². The number of nitrogens with one attached hydrogen (secondary N) is 1. The van der Waals surface area contributed by atoms with Gasteiger partial charge in [-0.2, -0.15) is 5.10 Å². The molecule has 2 aromatic rings. The third kappa shape index (κ3) is 5.53. The molecule has 2 aliphatic rings. The van der Waals surface area contributed by atoms with E-state index in [2.05, 4.69) is 10.5 Å². The standard InChI is InChI=1S/C24H27Cl2N3O4/c1-15-22-18(27-28-21(30)14-32-19-10-9-16(25)13-17(19)26)7-6-8-20(22)33-23(15)24(31)29-11-4-2-3-5-12-29/h9-10,13H,2-8,11-12,14H2,1H3,(H,28,30)/b27-18+. The van der Waals surface area contributed by atoms with Gasteiger partial charge >= 0.3 is 0 Å². The van der Waals surface area contributed by atoms with E-state index in [1.807, 2.05) is 11.8 Å². The zero-order valence-corrected chi connectivity index (χ0v) is 20.1. The number of likely N-dealkylation sites (tertiary alicyclic amines) is 1. The highest BCUT2D eigenvalue weighted by atomic mass is 35.5. The quantitative estimate of drug-likeness (QED) is 0.586. The van der Waals surface area contributed by atoms with Crippen LogP contribution in [-0.2, 0) is 11.2 Å². The second kappa shape index (κ2) is 10.6. The summed E-state index contributed by atoms with van der Waals surface area (Å²) in [6, 6.07) is 4.79. The maximum absolute atomic E-state index is 13.1. The third-order valence-electron chi connectivity index (χ3n) is 5.98. The highest BCUT2D eigenvalue weighted by Crippen LogP contribution is 2.31. The Morgan fingerprint density at radius 3 is 2.61 bits per heavy atom. The van der Waals surface area contributed by atoms with Crippen LogP contribution in [0, 0.1) is 6.92 Å². The van der Waals surface area contributed by atoms with Crippen LogP contribution < -0.4 is 10.2 Å². The van der Waals surface area contributed by atoms with Gasteiger partial charge in [-0.3, -0.25) is 9.59 Å². The molecular weight excluding hydrogens is 465 g/mol. The smallest absolute Gasteiger partial charge is 0.289 e. The molecule has 0 saturated carbocycles. The van der Waals surface area contributed by atoms with Crippen molar-refractivity contribution in [2.45, 2.75) is 51.9 Å². The number of rotatable bonds is 5. The molecule has 1 aromatic carbocycles. The topological polar surface area (TPSA) is 84.1 Å². The molecule has 1 saturated heterocycles. The number of furan rings is 1. The maximum atomic E-state index is 13.1. The van der Waals surface area contributed by atoms with Crippen LogP contribution in [0.3, 0.4) is 0 Å². The predicted molar refractivity (Wildman–Crippen MR) is 127 cm³/mol. The second-order valence-electron chi connectivity index (χ2n) is 8.37. The summed E-state index contributed by atoms with van der Waals surface area (Å²) in [5, 5.41) is 5.15. The number of carbonyl (C=O) groups is 2. The Morgan fingerprint density at radius 1 is 1.12 bits per heavy atom. The number of nitrogens with zero attached hydrogens (tertiary/aromatic N) is 2. The van der Waals surface area contributed by atoms with Gasteiger partial charge in [0.05, 0.1) is 10.7 Å². The summed E-state index contributed by atoms with van der Waals surface area (Å²) in [4.78, 5) is 27.3. The molecule has 0 radical (unpaired) electrons. The minimum Gasteiger partial charge on any atom is -0.482 e. The molecule has 0 bridgehead atoms. The van der Waals surface area contributed by atoms with Gasteiger partial charge in [-0.1, -0.05) is 36.0 Å². The van der Waals surface area contributed by atoms with Crippen molar-refractivity contribution >= 4 is 40.7 Å². The van der Waals surface area contributed by atoms with Crippen molar-refractivity contribution in [1.82, 2.24) is 10.3 Å². The zero-order chi connectivity index (χ0) is 23.4. The van der Waals surface area contributed by atoms with E-state index in [0.717, 1.165) is 68.5 Å². The summed E-state index contributed by atoms with van der Waals surface area (Å²) >= 11 is 11.9. The number of benzene rings is 1. The van der Waals surface area contributed by atoms with Gasteiger partial charge in [-0.25, -0.2) is 5.43 Å². The fourth-order valence-electron chi connectivity index (χ4n) is 4.30. The van der Waals surface area contributed by atoms with E-state index in [1.165, 1.54) is 0 Å². The summed E-state index contributed by atoms with van der Waals surface area (Å²) in [6.45, 7) is 3.17. The molecule has 1 fully saturated rings. The lowest BCUT2D eigenvalue weighted by Gasteiger charge is -2.19. The third-order valence-corrected chi connectivity index (χ3v) is 6.51. The van der Waals surface area contributed by atoms with Gasteiger partial charge < -0.3 is 14.1 Å². The molecule has 0 unspecified atom stereocenters. The molecule has 7 nitrogen and oxygen atoms in total. The Hall–Kier alpha value is -2.51. The fourth-order valence-corrected chi connectivity index (χ4v) is 4.76. The molecule has 1 N–H and O–H groups in total. The van der Waals surface area contributed by atoms with Crippen LogP contribution in [0.5, 0.6) is 5.75 Å². The van der Waals surface area contributed by atoms with E-state index in [4.69, 9.17) is 32.4 Å². The minimum atomic E-state index is -0.414. The lowest BCUT2D eigenvalue weighted by Crippen LogP contribution is -2.32. The van der Waals surface area contributed by atoms with Crippen LogP contribution in [0.15, 0.2) is 27.7 Å². The van der Waals surface area contributed by atoms with Crippen molar-refractivity contribution in [3.63, 3.8) is 0 Å². The molecule has 176 valence electrons. The number of amides is 2. The van der Waals surface area contributed by atoms with Crippen molar-refractivity contribution in [1.29, 1.82) is 0 Å². The Bertz CT molecular complexity index is 1070.